The predicted octanol–water partition coefficient (Wildman–Crippen LogP) is 5.51. The maximum Gasteiger partial charge on any atom is 0.326 e. The summed E-state index contributed by atoms with van der Waals surface area (Å²) in [7, 11) is 0. The van der Waals surface area contributed by atoms with Gasteiger partial charge in [0, 0.05) is 37.7 Å². The van der Waals surface area contributed by atoms with E-state index in [0.29, 0.717) is 35.3 Å². The van der Waals surface area contributed by atoms with Crippen LogP contribution in [0.4, 0.5) is 5.69 Å². The van der Waals surface area contributed by atoms with E-state index in [2.05, 4.69) is 9.88 Å². The van der Waals surface area contributed by atoms with Crippen molar-refractivity contribution in [3.05, 3.63) is 135 Å². The number of aromatic amines is 1. The number of anilines is 1. The summed E-state index contributed by atoms with van der Waals surface area (Å²) in [5.74, 6) is -0.701. The summed E-state index contributed by atoms with van der Waals surface area (Å²) in [5.41, 5.74) is 5.50. The van der Waals surface area contributed by atoms with Crippen LogP contribution in [0, 0.1) is 0 Å². The standard InChI is InChI=1S/C38H36N4O6/c43-23-24-12-14-25(15-13-24)34-21-29(22-40-18-16-27(17-19-40)41-33-11-4-3-10-32(33)39-38(41)46)47-37(48-34)26-6-5-7-28(20-26)42-35(44)30-8-1-2-9-31(30)36(42)45/h1-15,20,27,29,34,37,43H,16-19,21-23H2,(H,39,46)/t29-,34+,37+/m1/s1. The Bertz CT molecular complexity index is 2010. The van der Waals surface area contributed by atoms with Crippen LogP contribution in [0.5, 0.6) is 0 Å². The third kappa shape index (κ3) is 5.56. The van der Waals surface area contributed by atoms with Crippen molar-refractivity contribution in [3.8, 4) is 0 Å². The molecule has 2 N–H and O–H groups in total. The Morgan fingerprint density at radius 2 is 1.48 bits per heavy atom. The van der Waals surface area contributed by atoms with E-state index in [1.54, 1.807) is 36.4 Å². The molecule has 10 nitrogen and oxygen atoms in total. The van der Waals surface area contributed by atoms with Crippen LogP contribution in [0.2, 0.25) is 0 Å². The van der Waals surface area contributed by atoms with Gasteiger partial charge in [0.1, 0.15) is 0 Å². The van der Waals surface area contributed by atoms with Crippen molar-refractivity contribution in [1.82, 2.24) is 14.5 Å². The van der Waals surface area contributed by atoms with Gasteiger partial charge in [-0.15, -0.1) is 0 Å². The number of rotatable bonds is 7. The molecule has 4 aromatic carbocycles. The SMILES string of the molecule is O=C1c2ccccc2C(=O)N1c1cccc([C@H]2O[C@@H](CN3CCC(n4c(=O)[nH]c5ccccc54)CC3)C[C@@H](c3ccc(CO)cc3)O2)c1. The van der Waals surface area contributed by atoms with Crippen LogP contribution in [-0.2, 0) is 16.1 Å². The number of piperidine rings is 1. The average molecular weight is 645 g/mol. The molecule has 2 saturated heterocycles. The lowest BCUT2D eigenvalue weighted by molar-refractivity contribution is -0.253. The molecule has 3 atom stereocenters. The minimum absolute atomic E-state index is 0.0363. The maximum atomic E-state index is 13.2. The van der Waals surface area contributed by atoms with Crippen molar-refractivity contribution in [3.63, 3.8) is 0 Å². The highest BCUT2D eigenvalue weighted by Gasteiger charge is 2.38. The van der Waals surface area contributed by atoms with Gasteiger partial charge in [-0.1, -0.05) is 60.7 Å². The van der Waals surface area contributed by atoms with Crippen LogP contribution >= 0.6 is 0 Å². The topological polar surface area (TPSA) is 117 Å². The first-order valence-electron chi connectivity index (χ1n) is 16.5. The number of hydrogen-bond acceptors (Lipinski definition) is 7. The smallest absolute Gasteiger partial charge is 0.326 e. The number of aromatic nitrogens is 2. The largest absolute Gasteiger partial charge is 0.392 e. The average Bonchev–Trinajstić information content (AvgIpc) is 3.60. The number of imidazole rings is 1. The van der Waals surface area contributed by atoms with Gasteiger partial charge in [0.25, 0.3) is 11.8 Å². The number of amides is 2. The summed E-state index contributed by atoms with van der Waals surface area (Å²) in [4.78, 5) is 45.9. The zero-order chi connectivity index (χ0) is 32.8. The number of ether oxygens (including phenoxy) is 2. The third-order valence-electron chi connectivity index (χ3n) is 9.82. The molecule has 1 aromatic heterocycles. The fraction of sp³-hybridized carbons (Fsp3) is 0.289. The van der Waals surface area contributed by atoms with E-state index < -0.39 is 6.29 Å². The predicted molar refractivity (Wildman–Crippen MR) is 180 cm³/mol. The van der Waals surface area contributed by atoms with Crippen molar-refractivity contribution in [2.75, 3.05) is 24.5 Å². The molecule has 0 aliphatic carbocycles. The van der Waals surface area contributed by atoms with Crippen LogP contribution in [0.15, 0.2) is 102 Å². The van der Waals surface area contributed by atoms with Gasteiger partial charge in [-0.2, -0.15) is 0 Å². The van der Waals surface area contributed by atoms with E-state index in [1.165, 1.54) is 4.90 Å². The number of hydrogen-bond donors (Lipinski definition) is 2. The van der Waals surface area contributed by atoms with Crippen molar-refractivity contribution >= 4 is 28.5 Å². The lowest BCUT2D eigenvalue weighted by atomic mass is 9.98. The Kier molecular flexibility index (Phi) is 8.01. The van der Waals surface area contributed by atoms with Gasteiger partial charge < -0.3 is 24.5 Å². The van der Waals surface area contributed by atoms with E-state index in [-0.39, 0.29) is 42.4 Å². The molecule has 10 heteroatoms. The second kappa shape index (κ2) is 12.6. The molecule has 0 saturated carbocycles. The van der Waals surface area contributed by atoms with E-state index >= 15 is 0 Å². The van der Waals surface area contributed by atoms with Gasteiger partial charge in [0.2, 0.25) is 0 Å². The number of fused-ring (bicyclic) bond motifs is 2. The molecular weight excluding hydrogens is 608 g/mol. The molecule has 0 bridgehead atoms. The van der Waals surface area contributed by atoms with E-state index in [0.717, 1.165) is 48.1 Å². The first-order valence-corrected chi connectivity index (χ1v) is 16.5. The molecule has 4 heterocycles. The number of para-hydroxylation sites is 2. The van der Waals surface area contributed by atoms with Gasteiger partial charge in [-0.3, -0.25) is 14.2 Å². The Labute approximate surface area is 277 Å². The number of H-pyrrole nitrogens is 1. The summed E-state index contributed by atoms with van der Waals surface area (Å²) in [6.45, 7) is 2.31. The number of carbonyl (C=O) groups is 2. The monoisotopic (exact) mass is 644 g/mol. The normalized spacial score (nSPS) is 22.0. The van der Waals surface area contributed by atoms with Gasteiger partial charge in [0.05, 0.1) is 46.7 Å². The number of nitrogens with zero attached hydrogens (tertiary/aromatic N) is 3. The highest BCUT2D eigenvalue weighted by Crippen LogP contribution is 2.40. The lowest BCUT2D eigenvalue weighted by Gasteiger charge is -2.40. The van der Waals surface area contributed by atoms with Gasteiger partial charge in [-0.25, -0.2) is 9.69 Å². The summed E-state index contributed by atoms with van der Waals surface area (Å²) < 4.78 is 15.1. The van der Waals surface area contributed by atoms with Crippen LogP contribution in [-0.4, -0.2) is 57.1 Å². The van der Waals surface area contributed by atoms with Gasteiger partial charge in [0.15, 0.2) is 6.29 Å². The maximum absolute atomic E-state index is 13.2. The molecular formula is C38H36N4O6. The molecule has 0 radical (unpaired) electrons. The number of aliphatic hydroxyl groups is 1. The zero-order valence-electron chi connectivity index (χ0n) is 26.3. The second-order valence-corrected chi connectivity index (χ2v) is 12.8. The zero-order valence-corrected chi connectivity index (χ0v) is 26.3. The third-order valence-corrected chi connectivity index (χ3v) is 9.82. The summed E-state index contributed by atoms with van der Waals surface area (Å²) in [6, 6.07) is 29.8. The van der Waals surface area contributed by atoms with E-state index in [1.807, 2.05) is 65.2 Å². The van der Waals surface area contributed by atoms with Crippen molar-refractivity contribution in [1.29, 1.82) is 0 Å². The Morgan fingerprint density at radius 1 is 0.771 bits per heavy atom. The molecule has 8 rings (SSSR count). The quantitative estimate of drug-likeness (QED) is 0.225. The number of likely N-dealkylation sites (tertiary alicyclic amines) is 1. The summed E-state index contributed by atoms with van der Waals surface area (Å²) in [6.07, 6.45) is 1.16. The lowest BCUT2D eigenvalue weighted by Crippen LogP contribution is -2.43. The highest BCUT2D eigenvalue weighted by molar-refractivity contribution is 6.34. The fourth-order valence-corrected chi connectivity index (χ4v) is 7.35. The van der Waals surface area contributed by atoms with E-state index in [9.17, 15) is 19.5 Å². The second-order valence-electron chi connectivity index (χ2n) is 12.8. The molecule has 5 aromatic rings. The number of imide groups is 1. The molecule has 3 aliphatic rings. The number of benzene rings is 4. The molecule has 2 fully saturated rings. The molecule has 0 spiro atoms. The number of carbonyl (C=O) groups excluding carboxylic acids is 2. The first kappa shape index (κ1) is 30.5. The molecule has 48 heavy (non-hydrogen) atoms. The fourth-order valence-electron chi connectivity index (χ4n) is 7.35. The van der Waals surface area contributed by atoms with Crippen molar-refractivity contribution in [2.24, 2.45) is 0 Å². The van der Waals surface area contributed by atoms with Crippen LogP contribution in [0.3, 0.4) is 0 Å². The van der Waals surface area contributed by atoms with E-state index in [4.69, 9.17) is 9.47 Å². The molecule has 2 amide bonds. The Morgan fingerprint density at radius 3 is 2.21 bits per heavy atom. The van der Waals surface area contributed by atoms with Crippen LogP contribution in [0.1, 0.15) is 75.1 Å². The Hall–Kier alpha value is -4.87. The highest BCUT2D eigenvalue weighted by atomic mass is 16.7. The van der Waals surface area contributed by atoms with Crippen LogP contribution < -0.4 is 10.6 Å². The molecule has 244 valence electrons. The van der Waals surface area contributed by atoms with Gasteiger partial charge in [-0.05, 0) is 60.4 Å². The Balaban J connectivity index is 1.02. The minimum Gasteiger partial charge on any atom is -0.392 e. The van der Waals surface area contributed by atoms with Crippen molar-refractivity contribution in [2.45, 2.75) is 50.4 Å². The molecule has 3 aliphatic heterocycles. The van der Waals surface area contributed by atoms with Crippen LogP contribution in [0.25, 0.3) is 11.0 Å². The summed E-state index contributed by atoms with van der Waals surface area (Å²) in [5, 5.41) is 9.58. The first-order chi connectivity index (χ1) is 23.5. The number of nitrogens with one attached hydrogen (secondary N) is 1. The van der Waals surface area contributed by atoms with Gasteiger partial charge >= 0.3 is 5.69 Å². The number of aliphatic hydroxyl groups excluding tert-OH is 1. The molecule has 0 unspecified atom stereocenters. The summed E-state index contributed by atoms with van der Waals surface area (Å²) >= 11 is 0. The van der Waals surface area contributed by atoms with Crippen molar-refractivity contribution < 1.29 is 24.2 Å². The minimum atomic E-state index is -0.733.